The van der Waals surface area contributed by atoms with Gasteiger partial charge in [0.2, 0.25) is 0 Å². The summed E-state index contributed by atoms with van der Waals surface area (Å²) in [5.74, 6) is 2.49. The molecule has 1 unspecified atom stereocenters. The van der Waals surface area contributed by atoms with Crippen LogP contribution in [0.25, 0.3) is 0 Å². The van der Waals surface area contributed by atoms with Crippen LogP contribution in [0.15, 0.2) is 24.3 Å². The number of benzene rings is 1. The van der Waals surface area contributed by atoms with Crippen LogP contribution in [0.2, 0.25) is 0 Å². The molecule has 1 aromatic rings. The van der Waals surface area contributed by atoms with Gasteiger partial charge in [-0.05, 0) is 41.7 Å². The predicted octanol–water partition coefficient (Wildman–Crippen LogP) is 7.05. The average Bonchev–Trinajstić information content (AvgIpc) is 3.00. The second kappa shape index (κ2) is 8.61. The summed E-state index contributed by atoms with van der Waals surface area (Å²) < 4.78 is 0. The van der Waals surface area contributed by atoms with Crippen molar-refractivity contribution in [1.82, 2.24) is 0 Å². The first-order chi connectivity index (χ1) is 10.2. The van der Waals surface area contributed by atoms with Crippen molar-refractivity contribution < 1.29 is 0 Å². The van der Waals surface area contributed by atoms with Gasteiger partial charge in [0, 0.05) is 0 Å². The van der Waals surface area contributed by atoms with Gasteiger partial charge in [0.25, 0.3) is 0 Å². The van der Waals surface area contributed by atoms with Crippen LogP contribution < -0.4 is 0 Å². The Bertz CT molecular complexity index is 381. The Balaban J connectivity index is 1.87. The zero-order valence-corrected chi connectivity index (χ0v) is 14.4. The molecule has 0 radical (unpaired) electrons. The lowest BCUT2D eigenvalue weighted by atomic mass is 9.87. The summed E-state index contributed by atoms with van der Waals surface area (Å²) >= 11 is 0. The molecule has 1 aliphatic rings. The lowest BCUT2D eigenvalue weighted by Gasteiger charge is -2.19. The van der Waals surface area contributed by atoms with E-state index in [4.69, 9.17) is 0 Å². The van der Waals surface area contributed by atoms with Crippen LogP contribution >= 0.6 is 0 Å². The van der Waals surface area contributed by atoms with Crippen molar-refractivity contribution in [2.75, 3.05) is 0 Å². The van der Waals surface area contributed by atoms with Crippen molar-refractivity contribution in [3.8, 4) is 0 Å². The molecule has 0 heterocycles. The smallest absolute Gasteiger partial charge is 0.0162 e. The molecule has 1 saturated carbocycles. The Morgan fingerprint density at radius 3 is 2.14 bits per heavy atom. The van der Waals surface area contributed by atoms with E-state index >= 15 is 0 Å². The first-order valence-electron chi connectivity index (χ1n) is 9.30. The summed E-state index contributed by atoms with van der Waals surface area (Å²) in [6.07, 6.45) is 12.9. The zero-order chi connectivity index (χ0) is 15.1. The minimum Gasteiger partial charge on any atom is -0.0654 e. The molecular formula is C21H34. The fourth-order valence-electron chi connectivity index (χ4n) is 3.93. The highest BCUT2D eigenvalue weighted by Gasteiger charge is 2.16. The molecule has 0 bridgehead atoms. The van der Waals surface area contributed by atoms with E-state index in [1.165, 1.54) is 63.4 Å². The Kier molecular flexibility index (Phi) is 6.80. The molecule has 0 heteroatoms. The summed E-state index contributed by atoms with van der Waals surface area (Å²) in [6.45, 7) is 6.88. The van der Waals surface area contributed by atoms with E-state index in [0.717, 1.165) is 11.8 Å². The van der Waals surface area contributed by atoms with E-state index in [0.29, 0.717) is 5.92 Å². The van der Waals surface area contributed by atoms with E-state index in [-0.39, 0.29) is 0 Å². The summed E-state index contributed by atoms with van der Waals surface area (Å²) in [4.78, 5) is 0. The van der Waals surface area contributed by atoms with Gasteiger partial charge in [-0.25, -0.2) is 0 Å². The average molecular weight is 287 g/mol. The minimum atomic E-state index is 0.644. The Labute approximate surface area is 132 Å². The first kappa shape index (κ1) is 16.6. The summed E-state index contributed by atoms with van der Waals surface area (Å²) in [6, 6.07) is 9.48. The predicted molar refractivity (Wildman–Crippen MR) is 94.0 cm³/mol. The van der Waals surface area contributed by atoms with Gasteiger partial charge in [0.15, 0.2) is 0 Å². The molecule has 1 fully saturated rings. The summed E-state index contributed by atoms with van der Waals surface area (Å²) in [7, 11) is 0. The maximum absolute atomic E-state index is 2.39. The molecule has 0 nitrogen and oxygen atoms in total. The summed E-state index contributed by atoms with van der Waals surface area (Å²) in [5.41, 5.74) is 3.05. The van der Waals surface area contributed by atoms with Crippen LogP contribution in [0.4, 0.5) is 0 Å². The fourth-order valence-corrected chi connectivity index (χ4v) is 3.93. The molecule has 0 N–H and O–H groups in total. The molecule has 2 rings (SSSR count). The summed E-state index contributed by atoms with van der Waals surface area (Å²) in [5, 5.41) is 0. The van der Waals surface area contributed by atoms with Crippen molar-refractivity contribution in [2.24, 2.45) is 5.92 Å². The topological polar surface area (TPSA) is 0 Å². The molecule has 1 aromatic carbocycles. The lowest BCUT2D eigenvalue weighted by Crippen LogP contribution is -2.01. The highest BCUT2D eigenvalue weighted by atomic mass is 14.2. The second-order valence-electron chi connectivity index (χ2n) is 7.39. The van der Waals surface area contributed by atoms with Gasteiger partial charge in [-0.1, -0.05) is 90.0 Å². The van der Waals surface area contributed by atoms with E-state index < -0.39 is 0 Å². The molecule has 0 aliphatic heterocycles. The molecule has 21 heavy (non-hydrogen) atoms. The lowest BCUT2D eigenvalue weighted by molar-refractivity contribution is 0.444. The third-order valence-corrected chi connectivity index (χ3v) is 5.35. The second-order valence-corrected chi connectivity index (χ2v) is 7.39. The highest BCUT2D eigenvalue weighted by molar-refractivity contribution is 5.27. The molecule has 0 amide bonds. The van der Waals surface area contributed by atoms with Crippen molar-refractivity contribution in [1.29, 1.82) is 0 Å². The third-order valence-electron chi connectivity index (χ3n) is 5.35. The maximum Gasteiger partial charge on any atom is -0.0162 e. The SMILES string of the molecule is CCCC(CCCC1CCCC1)c1ccc(C(C)C)cc1. The van der Waals surface area contributed by atoms with Crippen LogP contribution in [0.5, 0.6) is 0 Å². The molecule has 0 spiro atoms. The molecule has 118 valence electrons. The van der Waals surface area contributed by atoms with E-state index in [2.05, 4.69) is 45.0 Å². The van der Waals surface area contributed by atoms with E-state index in [1.807, 2.05) is 0 Å². The largest absolute Gasteiger partial charge is 0.0654 e. The molecule has 0 saturated heterocycles. The van der Waals surface area contributed by atoms with Crippen LogP contribution in [-0.2, 0) is 0 Å². The van der Waals surface area contributed by atoms with Crippen molar-refractivity contribution in [2.45, 2.75) is 90.4 Å². The van der Waals surface area contributed by atoms with Crippen LogP contribution in [-0.4, -0.2) is 0 Å². The van der Waals surface area contributed by atoms with Crippen molar-refractivity contribution in [3.63, 3.8) is 0 Å². The minimum absolute atomic E-state index is 0.644. The van der Waals surface area contributed by atoms with Gasteiger partial charge >= 0.3 is 0 Å². The quantitative estimate of drug-likeness (QED) is 0.480. The number of rotatable bonds is 8. The third kappa shape index (κ3) is 5.16. The van der Waals surface area contributed by atoms with Gasteiger partial charge < -0.3 is 0 Å². The zero-order valence-electron chi connectivity index (χ0n) is 14.4. The monoisotopic (exact) mass is 286 g/mol. The van der Waals surface area contributed by atoms with Gasteiger partial charge in [0.1, 0.15) is 0 Å². The van der Waals surface area contributed by atoms with Gasteiger partial charge in [-0.15, -0.1) is 0 Å². The fraction of sp³-hybridized carbons (Fsp3) is 0.714. The standard InChI is InChI=1S/C21H34/c1-4-8-20(12-7-11-18-9-5-6-10-18)21-15-13-19(14-16-21)17(2)3/h13-18,20H,4-12H2,1-3H3. The van der Waals surface area contributed by atoms with Crippen LogP contribution in [0, 0.1) is 5.92 Å². The van der Waals surface area contributed by atoms with Gasteiger partial charge in [-0.3, -0.25) is 0 Å². The number of hydrogen-bond donors (Lipinski definition) is 0. The Morgan fingerprint density at radius 1 is 0.952 bits per heavy atom. The Hall–Kier alpha value is -0.780. The van der Waals surface area contributed by atoms with E-state index in [1.54, 1.807) is 5.56 Å². The Morgan fingerprint density at radius 2 is 1.57 bits per heavy atom. The van der Waals surface area contributed by atoms with E-state index in [9.17, 15) is 0 Å². The van der Waals surface area contributed by atoms with Gasteiger partial charge in [-0.2, -0.15) is 0 Å². The highest BCUT2D eigenvalue weighted by Crippen LogP contribution is 2.33. The molecule has 0 aromatic heterocycles. The molecule has 1 atom stereocenters. The molecular weight excluding hydrogens is 252 g/mol. The number of hydrogen-bond acceptors (Lipinski definition) is 0. The van der Waals surface area contributed by atoms with Crippen molar-refractivity contribution >= 4 is 0 Å². The van der Waals surface area contributed by atoms with Crippen LogP contribution in [0.3, 0.4) is 0 Å². The van der Waals surface area contributed by atoms with Crippen molar-refractivity contribution in [3.05, 3.63) is 35.4 Å². The maximum atomic E-state index is 2.39. The van der Waals surface area contributed by atoms with Crippen LogP contribution in [0.1, 0.15) is 102 Å². The normalized spacial score (nSPS) is 17.5. The first-order valence-corrected chi connectivity index (χ1v) is 9.30. The van der Waals surface area contributed by atoms with Gasteiger partial charge in [0.05, 0.1) is 0 Å². The molecule has 1 aliphatic carbocycles.